The Morgan fingerprint density at radius 2 is 1.90 bits per heavy atom. The molecular formula is C15H18BrNO2S. The molecular weight excluding hydrogens is 338 g/mol. The van der Waals surface area contributed by atoms with E-state index < -0.39 is 0 Å². The molecule has 1 aromatic heterocycles. The van der Waals surface area contributed by atoms with Gasteiger partial charge in [-0.15, -0.1) is 11.3 Å². The van der Waals surface area contributed by atoms with Crippen molar-refractivity contribution in [3.05, 3.63) is 44.6 Å². The lowest BCUT2D eigenvalue weighted by Crippen LogP contribution is -2.15. The Hall–Kier alpha value is -1.04. The summed E-state index contributed by atoms with van der Waals surface area (Å²) in [6.45, 7) is 1.84. The Bertz CT molecular complexity index is 557. The zero-order valence-corrected chi connectivity index (χ0v) is 14.0. The molecule has 20 heavy (non-hydrogen) atoms. The summed E-state index contributed by atoms with van der Waals surface area (Å²) in [6, 6.07) is 10.3. The van der Waals surface area contributed by atoms with Crippen molar-refractivity contribution in [1.29, 1.82) is 0 Å². The summed E-state index contributed by atoms with van der Waals surface area (Å²) in [5, 5.41) is 3.45. The molecule has 5 heteroatoms. The number of benzene rings is 1. The van der Waals surface area contributed by atoms with Gasteiger partial charge in [0, 0.05) is 11.4 Å². The highest BCUT2D eigenvalue weighted by atomic mass is 79.9. The molecule has 0 saturated carbocycles. The van der Waals surface area contributed by atoms with E-state index in [1.807, 2.05) is 12.1 Å². The van der Waals surface area contributed by atoms with Crippen LogP contribution in [0.5, 0.6) is 11.5 Å². The van der Waals surface area contributed by atoms with E-state index in [1.54, 1.807) is 25.6 Å². The normalized spacial score (nSPS) is 10.6. The van der Waals surface area contributed by atoms with Crippen LogP contribution in [0.15, 0.2) is 34.1 Å². The highest BCUT2D eigenvalue weighted by Crippen LogP contribution is 2.27. The lowest BCUT2D eigenvalue weighted by Gasteiger charge is -2.09. The third-order valence-corrected chi connectivity index (χ3v) is 4.59. The lowest BCUT2D eigenvalue weighted by molar-refractivity contribution is 0.354. The van der Waals surface area contributed by atoms with Crippen LogP contribution >= 0.6 is 27.3 Å². The Kier molecular flexibility index (Phi) is 5.88. The van der Waals surface area contributed by atoms with Crippen molar-refractivity contribution in [2.24, 2.45) is 0 Å². The molecule has 1 aromatic carbocycles. The molecule has 0 bridgehead atoms. The van der Waals surface area contributed by atoms with Gasteiger partial charge in [-0.25, -0.2) is 0 Å². The second-order valence-corrected chi connectivity index (χ2v) is 6.87. The number of hydrogen-bond acceptors (Lipinski definition) is 4. The van der Waals surface area contributed by atoms with Gasteiger partial charge in [0.15, 0.2) is 11.5 Å². The van der Waals surface area contributed by atoms with E-state index in [1.165, 1.54) is 14.2 Å². The third-order valence-electron chi connectivity index (χ3n) is 2.97. The Labute approximate surface area is 132 Å². The molecule has 0 fully saturated rings. The van der Waals surface area contributed by atoms with E-state index in [0.717, 1.165) is 31.0 Å². The summed E-state index contributed by atoms with van der Waals surface area (Å²) in [6.07, 6.45) is 0.965. The quantitative estimate of drug-likeness (QED) is 0.765. The van der Waals surface area contributed by atoms with Gasteiger partial charge >= 0.3 is 0 Å². The smallest absolute Gasteiger partial charge is 0.160 e. The van der Waals surface area contributed by atoms with Crippen LogP contribution in [0, 0.1) is 0 Å². The predicted molar refractivity (Wildman–Crippen MR) is 87.0 cm³/mol. The summed E-state index contributed by atoms with van der Waals surface area (Å²) >= 11 is 5.23. The van der Waals surface area contributed by atoms with Gasteiger partial charge < -0.3 is 14.8 Å². The summed E-state index contributed by atoms with van der Waals surface area (Å²) in [5.74, 6) is 1.56. The molecule has 0 atom stereocenters. The minimum atomic E-state index is 0.771. The average molecular weight is 356 g/mol. The fourth-order valence-corrected chi connectivity index (χ4v) is 3.38. The standard InChI is InChI=1S/C15H18BrNO2S/c1-18-13-5-3-11(9-14(13)19-2)7-8-17-10-12-4-6-15(16)20-12/h3-6,9,17H,7-8,10H2,1-2H3. The number of ether oxygens (including phenoxy) is 2. The number of hydrogen-bond donors (Lipinski definition) is 1. The van der Waals surface area contributed by atoms with Crippen molar-refractivity contribution in [2.75, 3.05) is 20.8 Å². The van der Waals surface area contributed by atoms with E-state index in [9.17, 15) is 0 Å². The van der Waals surface area contributed by atoms with Crippen molar-refractivity contribution in [3.63, 3.8) is 0 Å². The maximum absolute atomic E-state index is 5.31. The van der Waals surface area contributed by atoms with Gasteiger partial charge in [-0.3, -0.25) is 0 Å². The van der Waals surface area contributed by atoms with Crippen LogP contribution in [-0.2, 0) is 13.0 Å². The molecule has 0 amide bonds. The predicted octanol–water partition coefficient (Wildman–Crippen LogP) is 3.86. The summed E-state index contributed by atoms with van der Waals surface area (Å²) in [5.41, 5.74) is 1.24. The summed E-state index contributed by atoms with van der Waals surface area (Å²) < 4.78 is 11.7. The minimum Gasteiger partial charge on any atom is -0.493 e. The van der Waals surface area contributed by atoms with Gasteiger partial charge in [-0.1, -0.05) is 6.07 Å². The van der Waals surface area contributed by atoms with Crippen LogP contribution in [0.25, 0.3) is 0 Å². The van der Waals surface area contributed by atoms with E-state index >= 15 is 0 Å². The molecule has 0 aliphatic heterocycles. The van der Waals surface area contributed by atoms with Crippen molar-refractivity contribution in [3.8, 4) is 11.5 Å². The van der Waals surface area contributed by atoms with E-state index in [4.69, 9.17) is 9.47 Å². The number of halogens is 1. The van der Waals surface area contributed by atoms with Crippen molar-refractivity contribution in [2.45, 2.75) is 13.0 Å². The number of methoxy groups -OCH3 is 2. The molecule has 0 aliphatic carbocycles. The zero-order chi connectivity index (χ0) is 14.4. The Morgan fingerprint density at radius 1 is 1.10 bits per heavy atom. The molecule has 0 spiro atoms. The largest absolute Gasteiger partial charge is 0.493 e. The van der Waals surface area contributed by atoms with Gasteiger partial charge in [-0.2, -0.15) is 0 Å². The minimum absolute atomic E-state index is 0.771. The van der Waals surface area contributed by atoms with Gasteiger partial charge in [0.2, 0.25) is 0 Å². The van der Waals surface area contributed by atoms with Crippen molar-refractivity contribution >= 4 is 27.3 Å². The number of thiophene rings is 1. The summed E-state index contributed by atoms with van der Waals surface area (Å²) in [7, 11) is 3.31. The maximum atomic E-state index is 5.31. The third kappa shape index (κ3) is 4.23. The molecule has 2 aromatic rings. The van der Waals surface area contributed by atoms with Crippen molar-refractivity contribution < 1.29 is 9.47 Å². The number of rotatable bonds is 7. The first kappa shape index (κ1) is 15.4. The van der Waals surface area contributed by atoms with Gasteiger partial charge in [0.25, 0.3) is 0 Å². The maximum Gasteiger partial charge on any atom is 0.160 e. The first-order chi connectivity index (χ1) is 9.72. The van der Waals surface area contributed by atoms with Crippen LogP contribution < -0.4 is 14.8 Å². The van der Waals surface area contributed by atoms with Crippen LogP contribution in [0.2, 0.25) is 0 Å². The molecule has 1 N–H and O–H groups in total. The van der Waals surface area contributed by atoms with E-state index in [-0.39, 0.29) is 0 Å². The fraction of sp³-hybridized carbons (Fsp3) is 0.333. The average Bonchev–Trinajstić information content (AvgIpc) is 2.89. The molecule has 0 unspecified atom stereocenters. The first-order valence-electron chi connectivity index (χ1n) is 6.38. The van der Waals surface area contributed by atoms with Crippen molar-refractivity contribution in [1.82, 2.24) is 5.32 Å². The molecule has 108 valence electrons. The molecule has 0 saturated heterocycles. The number of nitrogens with one attached hydrogen (secondary N) is 1. The Balaban J connectivity index is 1.82. The van der Waals surface area contributed by atoms with Gasteiger partial charge in [-0.05, 0) is 58.7 Å². The van der Waals surface area contributed by atoms with Gasteiger partial charge in [0.1, 0.15) is 0 Å². The zero-order valence-electron chi connectivity index (χ0n) is 11.6. The van der Waals surface area contributed by atoms with E-state index in [0.29, 0.717) is 0 Å². The molecule has 0 aliphatic rings. The van der Waals surface area contributed by atoms with Crippen LogP contribution in [0.1, 0.15) is 10.4 Å². The first-order valence-corrected chi connectivity index (χ1v) is 7.99. The second kappa shape index (κ2) is 7.67. The molecule has 1 heterocycles. The van der Waals surface area contributed by atoms with Gasteiger partial charge in [0.05, 0.1) is 18.0 Å². The fourth-order valence-electron chi connectivity index (χ4n) is 1.93. The SMILES string of the molecule is COc1ccc(CCNCc2ccc(Br)s2)cc1OC. The van der Waals surface area contributed by atoms with Crippen LogP contribution in [0.4, 0.5) is 0 Å². The Morgan fingerprint density at radius 3 is 2.55 bits per heavy atom. The monoisotopic (exact) mass is 355 g/mol. The van der Waals surface area contributed by atoms with Crippen LogP contribution in [0.3, 0.4) is 0 Å². The van der Waals surface area contributed by atoms with Crippen LogP contribution in [-0.4, -0.2) is 20.8 Å². The lowest BCUT2D eigenvalue weighted by atomic mass is 10.1. The molecule has 2 rings (SSSR count). The molecule has 3 nitrogen and oxygen atoms in total. The summed E-state index contributed by atoms with van der Waals surface area (Å²) in [4.78, 5) is 1.34. The highest BCUT2D eigenvalue weighted by Gasteiger charge is 2.04. The van der Waals surface area contributed by atoms with E-state index in [2.05, 4.69) is 39.4 Å². The second-order valence-electron chi connectivity index (χ2n) is 4.32. The molecule has 0 radical (unpaired) electrons. The highest BCUT2D eigenvalue weighted by molar-refractivity contribution is 9.11. The topological polar surface area (TPSA) is 30.5 Å².